The lowest BCUT2D eigenvalue weighted by atomic mass is 10.4. The van der Waals surface area contributed by atoms with E-state index in [-0.39, 0.29) is 5.30 Å². The van der Waals surface area contributed by atoms with E-state index in [9.17, 15) is 14.4 Å². The molecule has 22 heavy (non-hydrogen) atoms. The first-order valence-electron chi connectivity index (χ1n) is 6.50. The SMILES string of the molecule is Cc1[nH]cc[nH+]1.Cc1[nH]cc[nH+]1.O=P([O-])([O-])c1ccccc1. The number of hydrogen-bond acceptors (Lipinski definition) is 3. The molecular formula is C14H19N4O3P. The maximum Gasteiger partial charge on any atom is 0.248 e. The first kappa shape index (κ1) is 17.8. The normalized spacial score (nSPS) is 10.0. The van der Waals surface area contributed by atoms with E-state index < -0.39 is 7.60 Å². The molecule has 8 heteroatoms. The summed E-state index contributed by atoms with van der Waals surface area (Å²) in [5.41, 5.74) is 0. The first-order valence-corrected chi connectivity index (χ1v) is 8.05. The molecule has 0 saturated carbocycles. The van der Waals surface area contributed by atoms with Gasteiger partial charge in [-0.3, -0.25) is 0 Å². The Balaban J connectivity index is 0.000000174. The molecule has 0 spiro atoms. The van der Waals surface area contributed by atoms with Crippen molar-refractivity contribution in [2.75, 3.05) is 0 Å². The summed E-state index contributed by atoms with van der Waals surface area (Å²) in [4.78, 5) is 32.4. The summed E-state index contributed by atoms with van der Waals surface area (Å²) < 4.78 is 10.3. The molecule has 0 bridgehead atoms. The summed E-state index contributed by atoms with van der Waals surface area (Å²) in [6.07, 6.45) is 7.43. The van der Waals surface area contributed by atoms with E-state index >= 15 is 0 Å². The Hall–Kier alpha value is -2.21. The van der Waals surface area contributed by atoms with Crippen molar-refractivity contribution in [3.63, 3.8) is 0 Å². The van der Waals surface area contributed by atoms with Crippen molar-refractivity contribution in [3.8, 4) is 0 Å². The minimum absolute atomic E-state index is 0.157. The molecule has 0 aliphatic rings. The molecule has 3 aromatic rings. The highest BCUT2D eigenvalue weighted by molar-refractivity contribution is 7.57. The van der Waals surface area contributed by atoms with E-state index in [0.29, 0.717) is 0 Å². The molecule has 4 N–H and O–H groups in total. The predicted molar refractivity (Wildman–Crippen MR) is 77.9 cm³/mol. The summed E-state index contributed by atoms with van der Waals surface area (Å²) in [6, 6.07) is 7.23. The van der Waals surface area contributed by atoms with Crippen LogP contribution in [0.3, 0.4) is 0 Å². The van der Waals surface area contributed by atoms with Crippen molar-refractivity contribution in [2.45, 2.75) is 13.8 Å². The molecule has 0 unspecified atom stereocenters. The van der Waals surface area contributed by atoms with Crippen LogP contribution >= 0.6 is 7.60 Å². The second kappa shape index (κ2) is 8.94. The monoisotopic (exact) mass is 322 g/mol. The number of imidazole rings is 2. The summed E-state index contributed by atoms with van der Waals surface area (Å²) in [5, 5.41) is -0.157. The Morgan fingerprint density at radius 1 is 0.909 bits per heavy atom. The van der Waals surface area contributed by atoms with Crippen molar-refractivity contribution in [3.05, 3.63) is 66.8 Å². The van der Waals surface area contributed by atoms with E-state index in [1.165, 1.54) is 24.3 Å². The number of benzene rings is 1. The number of aromatic amines is 4. The van der Waals surface area contributed by atoms with Crippen LogP contribution in [0.25, 0.3) is 0 Å². The summed E-state index contributed by atoms with van der Waals surface area (Å²) >= 11 is 0. The van der Waals surface area contributed by atoms with E-state index in [0.717, 1.165) is 11.6 Å². The highest BCUT2D eigenvalue weighted by Gasteiger charge is 1.92. The number of aromatic nitrogens is 4. The summed E-state index contributed by atoms with van der Waals surface area (Å²) in [6.45, 7) is 3.94. The first-order chi connectivity index (χ1) is 10.4. The number of H-pyrrole nitrogens is 4. The van der Waals surface area contributed by atoms with Gasteiger partial charge in [0.2, 0.25) is 11.6 Å². The van der Waals surface area contributed by atoms with Gasteiger partial charge in [-0.2, -0.15) is 0 Å². The van der Waals surface area contributed by atoms with Gasteiger partial charge in [-0.25, -0.2) is 19.9 Å². The molecule has 3 rings (SSSR count). The Bertz CT molecular complexity index is 631. The van der Waals surface area contributed by atoms with E-state index in [1.54, 1.807) is 6.07 Å². The Morgan fingerprint density at radius 3 is 1.55 bits per heavy atom. The van der Waals surface area contributed by atoms with Crippen LogP contribution in [0.4, 0.5) is 0 Å². The molecule has 0 radical (unpaired) electrons. The Kier molecular flexibility index (Phi) is 7.25. The third kappa shape index (κ3) is 7.54. The van der Waals surface area contributed by atoms with Gasteiger partial charge in [-0.05, 0) is 12.9 Å². The minimum Gasteiger partial charge on any atom is -0.807 e. The van der Waals surface area contributed by atoms with Crippen LogP contribution in [-0.4, -0.2) is 9.97 Å². The van der Waals surface area contributed by atoms with Gasteiger partial charge in [0.1, 0.15) is 24.8 Å². The maximum atomic E-state index is 10.3. The fourth-order valence-electron chi connectivity index (χ4n) is 1.36. The van der Waals surface area contributed by atoms with Crippen LogP contribution in [0, 0.1) is 13.8 Å². The summed E-state index contributed by atoms with van der Waals surface area (Å²) in [5.74, 6) is 2.19. The lowest BCUT2D eigenvalue weighted by Crippen LogP contribution is -2.24. The molecule has 7 nitrogen and oxygen atoms in total. The molecule has 1 aromatic carbocycles. The van der Waals surface area contributed by atoms with E-state index in [2.05, 4.69) is 19.9 Å². The zero-order valence-electron chi connectivity index (χ0n) is 12.4. The largest absolute Gasteiger partial charge is 0.807 e. The van der Waals surface area contributed by atoms with Crippen molar-refractivity contribution in [1.82, 2.24) is 9.97 Å². The van der Waals surface area contributed by atoms with Gasteiger partial charge in [-0.15, -0.1) is 0 Å². The molecule has 0 atom stereocenters. The lowest BCUT2D eigenvalue weighted by Gasteiger charge is -2.29. The quantitative estimate of drug-likeness (QED) is 0.587. The number of nitrogens with one attached hydrogen (secondary N) is 4. The highest BCUT2D eigenvalue weighted by Crippen LogP contribution is 2.20. The highest BCUT2D eigenvalue weighted by atomic mass is 31.2. The number of hydrogen-bond donors (Lipinski definition) is 2. The summed E-state index contributed by atoms with van der Waals surface area (Å²) in [7, 11) is -4.52. The van der Waals surface area contributed by atoms with Crippen LogP contribution in [0.2, 0.25) is 0 Å². The molecule has 0 saturated heterocycles. The van der Waals surface area contributed by atoms with Crippen LogP contribution in [0.5, 0.6) is 0 Å². The average molecular weight is 322 g/mol. The van der Waals surface area contributed by atoms with Crippen LogP contribution in [0.15, 0.2) is 55.1 Å². The predicted octanol–water partition coefficient (Wildman–Crippen LogP) is -0.500. The van der Waals surface area contributed by atoms with Crippen LogP contribution in [-0.2, 0) is 4.57 Å². The standard InChI is InChI=1S/C6H7O3P.2C4H6N2/c7-10(8,9)6-4-2-1-3-5-6;2*1-4-5-2-3-6-4/h1-5H,(H2,7,8,9);2*2-3H,1H3,(H,5,6). The van der Waals surface area contributed by atoms with Crippen molar-refractivity contribution < 1.29 is 24.3 Å². The number of aryl methyl sites for hydroxylation is 2. The number of rotatable bonds is 1. The van der Waals surface area contributed by atoms with Crippen molar-refractivity contribution in [1.29, 1.82) is 0 Å². The fraction of sp³-hybridized carbons (Fsp3) is 0.143. The zero-order valence-corrected chi connectivity index (χ0v) is 13.3. The molecule has 0 amide bonds. The van der Waals surface area contributed by atoms with E-state index in [1.807, 2.05) is 38.6 Å². The van der Waals surface area contributed by atoms with Gasteiger partial charge in [-0.1, -0.05) is 30.3 Å². The topological polar surface area (TPSA) is 123 Å². The van der Waals surface area contributed by atoms with Crippen molar-refractivity contribution in [2.24, 2.45) is 0 Å². The Labute approximate surface area is 128 Å². The minimum atomic E-state index is -4.52. The molecule has 0 aliphatic heterocycles. The Morgan fingerprint density at radius 2 is 1.36 bits per heavy atom. The molecule has 2 aromatic heterocycles. The van der Waals surface area contributed by atoms with Crippen LogP contribution < -0.4 is 25.1 Å². The third-order valence-corrected chi connectivity index (χ3v) is 3.37. The van der Waals surface area contributed by atoms with E-state index in [4.69, 9.17) is 0 Å². The molecular weight excluding hydrogens is 303 g/mol. The zero-order chi connectivity index (χ0) is 16.4. The second-order valence-corrected chi connectivity index (χ2v) is 5.84. The molecule has 118 valence electrons. The fourth-order valence-corrected chi connectivity index (χ4v) is 1.90. The van der Waals surface area contributed by atoms with Gasteiger partial charge < -0.3 is 14.4 Å². The van der Waals surface area contributed by atoms with Gasteiger partial charge in [0.25, 0.3) is 0 Å². The second-order valence-electron chi connectivity index (χ2n) is 4.33. The van der Waals surface area contributed by atoms with Crippen molar-refractivity contribution >= 4 is 12.9 Å². The van der Waals surface area contributed by atoms with Crippen LogP contribution in [0.1, 0.15) is 11.6 Å². The molecule has 2 heterocycles. The average Bonchev–Trinajstić information content (AvgIpc) is 3.14. The lowest BCUT2D eigenvalue weighted by molar-refractivity contribution is -0.385. The third-order valence-electron chi connectivity index (χ3n) is 2.44. The van der Waals surface area contributed by atoms with Gasteiger partial charge in [0, 0.05) is 13.8 Å². The van der Waals surface area contributed by atoms with Gasteiger partial charge in [0.05, 0.1) is 0 Å². The molecule has 0 aliphatic carbocycles. The van der Waals surface area contributed by atoms with Gasteiger partial charge >= 0.3 is 0 Å². The smallest absolute Gasteiger partial charge is 0.248 e. The maximum absolute atomic E-state index is 10.3. The van der Waals surface area contributed by atoms with Gasteiger partial charge in [0.15, 0.2) is 0 Å². The molecule has 0 fully saturated rings.